The van der Waals surface area contributed by atoms with Crippen LogP contribution in [0.15, 0.2) is 79.0 Å². The molecule has 1 saturated heterocycles. The van der Waals surface area contributed by atoms with Crippen molar-refractivity contribution >= 4 is 23.0 Å². The van der Waals surface area contributed by atoms with Crippen molar-refractivity contribution in [3.8, 4) is 11.4 Å². The molecule has 1 fully saturated rings. The Hall–Kier alpha value is -3.85. The first-order chi connectivity index (χ1) is 17.2. The minimum absolute atomic E-state index is 0.0744. The normalized spacial score (nSPS) is 17.9. The lowest BCUT2D eigenvalue weighted by Crippen LogP contribution is -2.29. The van der Waals surface area contributed by atoms with Crippen LogP contribution in [0.4, 0.5) is 18.9 Å². The highest BCUT2D eigenvalue weighted by atomic mass is 32.1. The van der Waals surface area contributed by atoms with Crippen molar-refractivity contribution in [3.63, 3.8) is 0 Å². The number of benzene rings is 2. The van der Waals surface area contributed by atoms with Gasteiger partial charge < -0.3 is 19.9 Å². The molecule has 0 aliphatic carbocycles. The van der Waals surface area contributed by atoms with Gasteiger partial charge in [-0.1, -0.05) is 18.2 Å². The van der Waals surface area contributed by atoms with Gasteiger partial charge in [0.25, 0.3) is 0 Å². The van der Waals surface area contributed by atoms with Gasteiger partial charge in [-0.05, 0) is 86.2 Å². The Kier molecular flexibility index (Phi) is 5.96. The van der Waals surface area contributed by atoms with E-state index in [-0.39, 0.29) is 17.5 Å². The van der Waals surface area contributed by atoms with Crippen molar-refractivity contribution in [2.24, 2.45) is 0 Å². The Labute approximate surface area is 211 Å². The van der Waals surface area contributed by atoms with Crippen molar-refractivity contribution in [2.75, 3.05) is 4.90 Å². The zero-order chi connectivity index (χ0) is 25.6. The van der Waals surface area contributed by atoms with Crippen LogP contribution >= 0.6 is 12.2 Å². The van der Waals surface area contributed by atoms with Crippen molar-refractivity contribution in [2.45, 2.75) is 32.1 Å². The van der Waals surface area contributed by atoms with Gasteiger partial charge in [-0.15, -0.1) is 0 Å². The van der Waals surface area contributed by atoms with Gasteiger partial charge in [-0.3, -0.25) is 4.98 Å². The van der Waals surface area contributed by atoms with E-state index in [1.54, 1.807) is 48.0 Å². The summed E-state index contributed by atoms with van der Waals surface area (Å²) in [4.78, 5) is 6.46. The number of hydrogen-bond donors (Lipinski definition) is 2. The number of halogens is 3. The van der Waals surface area contributed by atoms with Crippen molar-refractivity contribution in [1.82, 2.24) is 14.9 Å². The number of aryl methyl sites for hydroxylation is 1. The first kappa shape index (κ1) is 23.9. The summed E-state index contributed by atoms with van der Waals surface area (Å²) in [6.45, 7) is 3.62. The first-order valence-electron chi connectivity index (χ1n) is 11.3. The summed E-state index contributed by atoms with van der Waals surface area (Å²) in [5.74, 6) is 0.122. The topological polar surface area (TPSA) is 53.3 Å². The van der Waals surface area contributed by atoms with Gasteiger partial charge in [-0.25, -0.2) is 0 Å². The van der Waals surface area contributed by atoms with Gasteiger partial charge in [0, 0.05) is 23.3 Å². The highest BCUT2D eigenvalue weighted by molar-refractivity contribution is 7.80. The molecule has 1 aliphatic heterocycles. The van der Waals surface area contributed by atoms with E-state index in [0.29, 0.717) is 16.5 Å². The fourth-order valence-electron chi connectivity index (χ4n) is 4.93. The molecular weight excluding hydrogens is 485 g/mol. The maximum atomic E-state index is 13.9. The second-order valence-corrected chi connectivity index (χ2v) is 9.08. The average Bonchev–Trinajstić information content (AvgIpc) is 3.34. The third kappa shape index (κ3) is 4.09. The van der Waals surface area contributed by atoms with E-state index in [9.17, 15) is 18.3 Å². The number of nitrogens with one attached hydrogen (secondary N) is 1. The van der Waals surface area contributed by atoms with E-state index >= 15 is 0 Å². The van der Waals surface area contributed by atoms with E-state index in [1.807, 2.05) is 36.1 Å². The summed E-state index contributed by atoms with van der Waals surface area (Å²) in [7, 11) is 0. The van der Waals surface area contributed by atoms with E-state index < -0.39 is 17.8 Å². The molecule has 2 aromatic heterocycles. The van der Waals surface area contributed by atoms with E-state index in [0.717, 1.165) is 23.0 Å². The molecule has 0 saturated carbocycles. The Balaban J connectivity index is 1.70. The number of nitrogens with zero attached hydrogens (tertiary/aromatic N) is 3. The Morgan fingerprint density at radius 2 is 1.67 bits per heavy atom. The van der Waals surface area contributed by atoms with Gasteiger partial charge in [0.05, 0.1) is 29.0 Å². The lowest BCUT2D eigenvalue weighted by atomic mass is 9.96. The zero-order valence-electron chi connectivity index (χ0n) is 19.5. The number of thiocarbonyl (C=S) groups is 1. The lowest BCUT2D eigenvalue weighted by molar-refractivity contribution is -0.137. The number of aromatic hydroxyl groups is 1. The molecule has 0 amide bonds. The Morgan fingerprint density at radius 3 is 2.33 bits per heavy atom. The molecule has 4 aromatic rings. The first-order valence-corrected chi connectivity index (χ1v) is 11.7. The van der Waals surface area contributed by atoms with Gasteiger partial charge in [-0.2, -0.15) is 13.2 Å². The molecule has 0 spiro atoms. The van der Waals surface area contributed by atoms with Gasteiger partial charge in [0.1, 0.15) is 5.75 Å². The molecule has 184 valence electrons. The molecule has 2 atom stereocenters. The zero-order valence-corrected chi connectivity index (χ0v) is 20.3. The number of rotatable bonds is 4. The monoisotopic (exact) mass is 508 g/mol. The maximum Gasteiger partial charge on any atom is 0.418 e. The number of alkyl halides is 3. The Morgan fingerprint density at radius 1 is 0.972 bits per heavy atom. The van der Waals surface area contributed by atoms with Crippen LogP contribution in [-0.4, -0.2) is 19.8 Å². The summed E-state index contributed by atoms with van der Waals surface area (Å²) in [5, 5.41) is 13.6. The number of pyridine rings is 1. The number of phenols is 1. The molecule has 0 unspecified atom stereocenters. The fourth-order valence-corrected chi connectivity index (χ4v) is 5.27. The third-order valence-electron chi connectivity index (χ3n) is 6.47. The van der Waals surface area contributed by atoms with Crippen LogP contribution in [0.25, 0.3) is 5.69 Å². The van der Waals surface area contributed by atoms with Crippen LogP contribution in [0.1, 0.15) is 40.3 Å². The van der Waals surface area contributed by atoms with E-state index in [2.05, 4.69) is 10.3 Å². The molecule has 0 radical (unpaired) electrons. The SMILES string of the molecule is Cc1cc([C@@H]2[C@@H](c3ccccn3)NC(=S)N2c2ccc(O)cc2)c(C)n1-c1ccccc1C(F)(F)F. The molecule has 0 bridgehead atoms. The average molecular weight is 509 g/mol. The van der Waals surface area contributed by atoms with Crippen LogP contribution in [0, 0.1) is 13.8 Å². The fraction of sp³-hybridized carbons (Fsp3) is 0.185. The van der Waals surface area contributed by atoms with Crippen LogP contribution < -0.4 is 10.2 Å². The lowest BCUT2D eigenvalue weighted by Gasteiger charge is -2.28. The maximum absolute atomic E-state index is 13.9. The summed E-state index contributed by atoms with van der Waals surface area (Å²) in [6, 6.07) is 19.0. The Bertz CT molecular complexity index is 1420. The van der Waals surface area contributed by atoms with Crippen LogP contribution in [0.3, 0.4) is 0 Å². The molecule has 5 nitrogen and oxygen atoms in total. The third-order valence-corrected chi connectivity index (χ3v) is 6.78. The summed E-state index contributed by atoms with van der Waals surface area (Å²) in [5.41, 5.74) is 3.04. The minimum Gasteiger partial charge on any atom is -0.508 e. The number of aromatic nitrogens is 2. The van der Waals surface area contributed by atoms with Crippen LogP contribution in [0.2, 0.25) is 0 Å². The predicted octanol–water partition coefficient (Wildman–Crippen LogP) is 6.39. The number of anilines is 1. The molecule has 9 heteroatoms. The minimum atomic E-state index is -4.50. The number of para-hydroxylation sites is 1. The van der Waals surface area contributed by atoms with E-state index in [1.165, 1.54) is 12.1 Å². The van der Waals surface area contributed by atoms with Gasteiger partial charge in [0.15, 0.2) is 5.11 Å². The van der Waals surface area contributed by atoms with Crippen LogP contribution in [-0.2, 0) is 6.18 Å². The van der Waals surface area contributed by atoms with Crippen LogP contribution in [0.5, 0.6) is 5.75 Å². The highest BCUT2D eigenvalue weighted by Crippen LogP contribution is 2.44. The molecule has 5 rings (SSSR count). The van der Waals surface area contributed by atoms with Gasteiger partial charge in [0.2, 0.25) is 0 Å². The van der Waals surface area contributed by atoms with Crippen molar-refractivity contribution < 1.29 is 18.3 Å². The quantitative estimate of drug-likeness (QED) is 0.313. The molecule has 36 heavy (non-hydrogen) atoms. The highest BCUT2D eigenvalue weighted by Gasteiger charge is 2.43. The van der Waals surface area contributed by atoms with E-state index in [4.69, 9.17) is 12.2 Å². The van der Waals surface area contributed by atoms with Crippen molar-refractivity contribution in [3.05, 3.63) is 107 Å². The molecule has 3 heterocycles. The second-order valence-electron chi connectivity index (χ2n) is 8.69. The summed E-state index contributed by atoms with van der Waals surface area (Å²) < 4.78 is 43.3. The molecule has 2 N–H and O–H groups in total. The molecule has 1 aliphatic rings. The second kappa shape index (κ2) is 8.98. The summed E-state index contributed by atoms with van der Waals surface area (Å²) >= 11 is 5.72. The molecule has 2 aromatic carbocycles. The smallest absolute Gasteiger partial charge is 0.418 e. The van der Waals surface area contributed by atoms with Gasteiger partial charge >= 0.3 is 6.18 Å². The standard InChI is InChI=1S/C27H23F3N4OS/c1-16-15-20(17(2)33(16)23-9-4-3-7-21(23)27(28,29)30)25-24(22-8-5-6-14-31-22)32-26(36)34(25)18-10-12-19(35)13-11-18/h3-15,24-25,35H,1-2H3,(H,32,36)/t24-,25-/m1/s1. The number of phenolic OH excluding ortho intramolecular Hbond substituents is 1. The largest absolute Gasteiger partial charge is 0.508 e. The number of hydrogen-bond acceptors (Lipinski definition) is 3. The molecular formula is C27H23F3N4OS. The van der Waals surface area contributed by atoms with Crippen molar-refractivity contribution in [1.29, 1.82) is 0 Å². The summed E-state index contributed by atoms with van der Waals surface area (Å²) in [6.07, 6.45) is -2.80. The predicted molar refractivity (Wildman–Crippen MR) is 136 cm³/mol.